The topological polar surface area (TPSA) is 78.0 Å². The van der Waals surface area contributed by atoms with Gasteiger partial charge in [-0.05, 0) is 12.8 Å². The molecular weight excluding hydrogens is 202 g/mol. The van der Waals surface area contributed by atoms with Crippen molar-refractivity contribution in [3.05, 3.63) is 11.8 Å². The van der Waals surface area contributed by atoms with Crippen molar-refractivity contribution >= 4 is 15.7 Å². The summed E-state index contributed by atoms with van der Waals surface area (Å²) < 4.78 is 24.7. The first kappa shape index (κ1) is 9.51. The normalized spacial score (nSPS) is 25.4. The second-order valence-corrected chi connectivity index (χ2v) is 5.92. The van der Waals surface area contributed by atoms with Crippen LogP contribution in [0.2, 0.25) is 0 Å². The Labute approximate surface area is 82.8 Å². The average molecular weight is 215 g/mol. The van der Waals surface area contributed by atoms with Gasteiger partial charge in [0.05, 0.1) is 11.4 Å². The third kappa shape index (κ3) is 1.39. The fourth-order valence-electron chi connectivity index (χ4n) is 1.79. The Bertz CT molecular complexity index is 430. The van der Waals surface area contributed by atoms with E-state index >= 15 is 0 Å². The molecule has 0 amide bonds. The zero-order valence-electron chi connectivity index (χ0n) is 7.97. The molecule has 78 valence electrons. The molecule has 1 unspecified atom stereocenters. The molecule has 1 aliphatic heterocycles. The summed E-state index contributed by atoms with van der Waals surface area (Å²) >= 11 is 0. The molecule has 1 aromatic heterocycles. The van der Waals surface area contributed by atoms with Crippen LogP contribution in [0.15, 0.2) is 6.07 Å². The number of aryl methyl sites for hydroxylation is 1. The van der Waals surface area contributed by atoms with Gasteiger partial charge in [0.25, 0.3) is 0 Å². The SMILES string of the molecule is Cn1nc(C2CCCS2(=O)=O)cc1N. The Morgan fingerprint density at radius 3 is 2.79 bits per heavy atom. The number of nitrogens with two attached hydrogens (primary N) is 1. The van der Waals surface area contributed by atoms with Gasteiger partial charge >= 0.3 is 0 Å². The molecule has 1 aliphatic rings. The van der Waals surface area contributed by atoms with E-state index in [1.165, 1.54) is 4.68 Å². The molecule has 5 nitrogen and oxygen atoms in total. The van der Waals surface area contributed by atoms with Crippen LogP contribution in [0.4, 0.5) is 5.82 Å². The van der Waals surface area contributed by atoms with Crippen molar-refractivity contribution in [1.29, 1.82) is 0 Å². The predicted molar refractivity (Wildman–Crippen MR) is 53.4 cm³/mol. The Morgan fingerprint density at radius 1 is 1.64 bits per heavy atom. The molecule has 0 bridgehead atoms. The quantitative estimate of drug-likeness (QED) is 0.728. The molecule has 0 aliphatic carbocycles. The maximum Gasteiger partial charge on any atom is 0.158 e. The summed E-state index contributed by atoms with van der Waals surface area (Å²) in [6, 6.07) is 1.65. The lowest BCUT2D eigenvalue weighted by Crippen LogP contribution is -2.08. The van der Waals surface area contributed by atoms with Crippen molar-refractivity contribution in [2.24, 2.45) is 7.05 Å². The molecule has 2 N–H and O–H groups in total. The molecule has 2 rings (SSSR count). The van der Waals surface area contributed by atoms with Crippen LogP contribution in [0.25, 0.3) is 0 Å². The molecule has 14 heavy (non-hydrogen) atoms. The summed E-state index contributed by atoms with van der Waals surface area (Å²) in [5, 5.41) is 3.66. The lowest BCUT2D eigenvalue weighted by Gasteiger charge is -2.03. The number of hydrogen-bond acceptors (Lipinski definition) is 4. The Kier molecular flexibility index (Phi) is 2.02. The van der Waals surface area contributed by atoms with E-state index in [1.807, 2.05) is 0 Å². The monoisotopic (exact) mass is 215 g/mol. The molecule has 1 fully saturated rings. The summed E-state index contributed by atoms with van der Waals surface area (Å²) in [7, 11) is -1.27. The first-order chi connectivity index (χ1) is 6.50. The van der Waals surface area contributed by atoms with Crippen LogP contribution in [0.3, 0.4) is 0 Å². The number of sulfone groups is 1. The van der Waals surface area contributed by atoms with Gasteiger partial charge in [0, 0.05) is 13.1 Å². The molecule has 0 radical (unpaired) electrons. The summed E-state index contributed by atoms with van der Waals surface area (Å²) in [6.45, 7) is 0. The molecule has 1 atom stereocenters. The highest BCUT2D eigenvalue weighted by molar-refractivity contribution is 7.91. The number of nitrogen functional groups attached to an aromatic ring is 1. The van der Waals surface area contributed by atoms with Crippen molar-refractivity contribution in [2.75, 3.05) is 11.5 Å². The van der Waals surface area contributed by atoms with Crippen LogP contribution >= 0.6 is 0 Å². The van der Waals surface area contributed by atoms with Gasteiger partial charge in [-0.1, -0.05) is 0 Å². The van der Waals surface area contributed by atoms with Gasteiger partial charge in [0.2, 0.25) is 0 Å². The Hall–Kier alpha value is -1.04. The first-order valence-corrected chi connectivity index (χ1v) is 6.23. The van der Waals surface area contributed by atoms with Crippen LogP contribution < -0.4 is 5.73 Å². The van der Waals surface area contributed by atoms with Crippen LogP contribution in [0.5, 0.6) is 0 Å². The average Bonchev–Trinajstić information content (AvgIpc) is 2.56. The molecule has 1 saturated heterocycles. The highest BCUT2D eigenvalue weighted by Gasteiger charge is 2.34. The lowest BCUT2D eigenvalue weighted by molar-refractivity contribution is 0.589. The molecule has 1 aromatic rings. The number of aromatic nitrogens is 2. The summed E-state index contributed by atoms with van der Waals surface area (Å²) in [4.78, 5) is 0. The van der Waals surface area contributed by atoms with E-state index in [0.717, 1.165) is 6.42 Å². The van der Waals surface area contributed by atoms with Crippen LogP contribution in [0.1, 0.15) is 23.8 Å². The van der Waals surface area contributed by atoms with Gasteiger partial charge in [0.1, 0.15) is 11.1 Å². The highest BCUT2D eigenvalue weighted by Crippen LogP contribution is 2.34. The Balaban J connectivity index is 2.41. The number of hydrogen-bond donors (Lipinski definition) is 1. The van der Waals surface area contributed by atoms with Crippen LogP contribution in [-0.4, -0.2) is 24.0 Å². The zero-order valence-corrected chi connectivity index (χ0v) is 8.79. The molecule has 0 saturated carbocycles. The fraction of sp³-hybridized carbons (Fsp3) is 0.625. The second-order valence-electron chi connectivity index (χ2n) is 3.62. The fourth-order valence-corrected chi connectivity index (χ4v) is 3.65. The smallest absolute Gasteiger partial charge is 0.158 e. The van der Waals surface area contributed by atoms with Gasteiger partial charge < -0.3 is 5.73 Å². The van der Waals surface area contributed by atoms with E-state index in [4.69, 9.17) is 5.73 Å². The summed E-state index contributed by atoms with van der Waals surface area (Å²) in [5.74, 6) is 0.774. The minimum atomic E-state index is -2.97. The van der Waals surface area contributed by atoms with E-state index in [9.17, 15) is 8.42 Å². The second kappa shape index (κ2) is 2.98. The lowest BCUT2D eigenvalue weighted by atomic mass is 10.2. The van der Waals surface area contributed by atoms with E-state index in [1.54, 1.807) is 13.1 Å². The minimum absolute atomic E-state index is 0.272. The van der Waals surface area contributed by atoms with E-state index in [-0.39, 0.29) is 5.75 Å². The van der Waals surface area contributed by atoms with Crippen LogP contribution in [0, 0.1) is 0 Å². The highest BCUT2D eigenvalue weighted by atomic mass is 32.2. The molecule has 6 heteroatoms. The van der Waals surface area contributed by atoms with Crippen molar-refractivity contribution in [3.8, 4) is 0 Å². The minimum Gasteiger partial charge on any atom is -0.384 e. The van der Waals surface area contributed by atoms with Gasteiger partial charge in [-0.2, -0.15) is 5.10 Å². The van der Waals surface area contributed by atoms with Gasteiger partial charge in [0.15, 0.2) is 9.84 Å². The van der Waals surface area contributed by atoms with Crippen molar-refractivity contribution in [3.63, 3.8) is 0 Å². The summed E-state index contributed by atoms with van der Waals surface area (Å²) in [5.41, 5.74) is 6.19. The first-order valence-electron chi connectivity index (χ1n) is 4.52. The number of nitrogens with zero attached hydrogens (tertiary/aromatic N) is 2. The molecule has 2 heterocycles. The van der Waals surface area contributed by atoms with E-state index in [2.05, 4.69) is 5.10 Å². The van der Waals surface area contributed by atoms with E-state index in [0.29, 0.717) is 17.9 Å². The predicted octanol–water partition coefficient (Wildman–Crippen LogP) is 0.252. The summed E-state index contributed by atoms with van der Waals surface area (Å²) in [6.07, 6.45) is 1.39. The maximum atomic E-state index is 11.6. The zero-order chi connectivity index (χ0) is 10.3. The van der Waals surface area contributed by atoms with Crippen molar-refractivity contribution in [2.45, 2.75) is 18.1 Å². The molecule has 0 aromatic carbocycles. The third-order valence-electron chi connectivity index (χ3n) is 2.59. The van der Waals surface area contributed by atoms with Crippen molar-refractivity contribution in [1.82, 2.24) is 9.78 Å². The molecular formula is C8H13N3O2S. The Morgan fingerprint density at radius 2 is 2.36 bits per heavy atom. The third-order valence-corrected chi connectivity index (χ3v) is 4.80. The number of rotatable bonds is 1. The standard InChI is InChI=1S/C8H13N3O2S/c1-11-8(9)5-6(10-11)7-3-2-4-14(7,12)13/h5,7H,2-4,9H2,1H3. The van der Waals surface area contributed by atoms with Gasteiger partial charge in [-0.25, -0.2) is 8.42 Å². The maximum absolute atomic E-state index is 11.6. The van der Waals surface area contributed by atoms with Crippen LogP contribution in [-0.2, 0) is 16.9 Å². The number of anilines is 1. The molecule has 0 spiro atoms. The largest absolute Gasteiger partial charge is 0.384 e. The van der Waals surface area contributed by atoms with E-state index < -0.39 is 15.1 Å². The van der Waals surface area contributed by atoms with Crippen molar-refractivity contribution < 1.29 is 8.42 Å². The van der Waals surface area contributed by atoms with Gasteiger partial charge in [-0.15, -0.1) is 0 Å². The van der Waals surface area contributed by atoms with Gasteiger partial charge in [-0.3, -0.25) is 4.68 Å².